The number of sulfonamides is 1. The first-order valence-electron chi connectivity index (χ1n) is 9.70. The van der Waals surface area contributed by atoms with Gasteiger partial charge in [0.15, 0.2) is 0 Å². The first-order valence-corrected chi connectivity index (χ1v) is 11.1. The van der Waals surface area contributed by atoms with E-state index in [9.17, 15) is 18.0 Å². The Hall–Kier alpha value is -3.65. The molecule has 0 saturated heterocycles. The monoisotopic (exact) mass is 453 g/mol. The maximum atomic E-state index is 12.9. The Balaban J connectivity index is 1.73. The van der Waals surface area contributed by atoms with Gasteiger partial charge in [0.05, 0.1) is 28.8 Å². The number of methoxy groups -OCH3 is 1. The molecule has 0 radical (unpaired) electrons. The van der Waals surface area contributed by atoms with Gasteiger partial charge < -0.3 is 9.47 Å². The van der Waals surface area contributed by atoms with Crippen molar-refractivity contribution in [3.63, 3.8) is 0 Å². The molecule has 3 aromatic rings. The Kier molecular flexibility index (Phi) is 6.64. The number of rotatable bonds is 6. The second-order valence-electron chi connectivity index (χ2n) is 7.17. The zero-order chi connectivity index (χ0) is 23.5. The van der Waals surface area contributed by atoms with Crippen LogP contribution in [0.3, 0.4) is 0 Å². The normalized spacial score (nSPS) is 11.0. The van der Waals surface area contributed by atoms with E-state index in [-0.39, 0.29) is 16.2 Å². The number of aryl methyl sites for hydroxylation is 2. The lowest BCUT2D eigenvalue weighted by Gasteiger charge is -2.20. The topological polar surface area (TPSA) is 90.0 Å². The van der Waals surface area contributed by atoms with Crippen LogP contribution in [-0.4, -0.2) is 34.5 Å². The van der Waals surface area contributed by atoms with E-state index >= 15 is 0 Å². The molecule has 0 aliphatic carbocycles. The highest BCUT2D eigenvalue weighted by Gasteiger charge is 2.22. The standard InChI is InChI=1S/C24H23NO6S/c1-16-5-14-22(15-17(16)2)32(28,29)25(3)20-10-12-21(13-11-20)31-24(27)19-8-6-18(7-9-19)23(26)30-4/h5-15H,1-4H3. The molecular weight excluding hydrogens is 430 g/mol. The van der Waals surface area contributed by atoms with Crippen molar-refractivity contribution in [1.82, 2.24) is 0 Å². The Bertz CT molecular complexity index is 1250. The summed E-state index contributed by atoms with van der Waals surface area (Å²) in [6.07, 6.45) is 0. The third kappa shape index (κ3) is 4.81. The molecule has 0 fully saturated rings. The quantitative estimate of drug-likeness (QED) is 0.412. The van der Waals surface area contributed by atoms with Gasteiger partial charge in [0, 0.05) is 7.05 Å². The first kappa shape index (κ1) is 23.0. The second-order valence-corrected chi connectivity index (χ2v) is 9.14. The Morgan fingerprint density at radius 1 is 0.781 bits per heavy atom. The van der Waals surface area contributed by atoms with Gasteiger partial charge in [-0.3, -0.25) is 4.31 Å². The predicted molar refractivity (Wildman–Crippen MR) is 121 cm³/mol. The van der Waals surface area contributed by atoms with Crippen LogP contribution < -0.4 is 9.04 Å². The van der Waals surface area contributed by atoms with Crippen LogP contribution in [-0.2, 0) is 14.8 Å². The summed E-state index contributed by atoms with van der Waals surface area (Å²) in [5.74, 6) is -0.849. The van der Waals surface area contributed by atoms with Gasteiger partial charge in [-0.15, -0.1) is 0 Å². The van der Waals surface area contributed by atoms with Gasteiger partial charge in [-0.2, -0.15) is 0 Å². The van der Waals surface area contributed by atoms with E-state index in [2.05, 4.69) is 4.74 Å². The molecule has 0 spiro atoms. The van der Waals surface area contributed by atoms with Crippen molar-refractivity contribution in [3.05, 3.63) is 89.0 Å². The molecule has 0 unspecified atom stereocenters. The molecule has 7 nitrogen and oxygen atoms in total. The van der Waals surface area contributed by atoms with E-state index in [1.807, 2.05) is 13.8 Å². The summed E-state index contributed by atoms with van der Waals surface area (Å²) in [4.78, 5) is 24.0. The van der Waals surface area contributed by atoms with Crippen LogP contribution in [0.5, 0.6) is 5.75 Å². The number of esters is 2. The van der Waals surface area contributed by atoms with Crippen LogP contribution in [0.15, 0.2) is 71.6 Å². The van der Waals surface area contributed by atoms with Gasteiger partial charge in [0.25, 0.3) is 10.0 Å². The second kappa shape index (κ2) is 9.23. The van der Waals surface area contributed by atoms with Crippen molar-refractivity contribution in [2.75, 3.05) is 18.5 Å². The van der Waals surface area contributed by atoms with E-state index in [1.165, 1.54) is 54.9 Å². The lowest BCUT2D eigenvalue weighted by molar-refractivity contribution is 0.0599. The summed E-state index contributed by atoms with van der Waals surface area (Å²) < 4.78 is 37.0. The molecule has 0 aliphatic rings. The molecular formula is C24H23NO6S. The zero-order valence-electron chi connectivity index (χ0n) is 18.2. The van der Waals surface area contributed by atoms with Crippen molar-refractivity contribution >= 4 is 27.6 Å². The number of ether oxygens (including phenoxy) is 2. The van der Waals surface area contributed by atoms with Crippen LogP contribution in [0.25, 0.3) is 0 Å². The third-order valence-electron chi connectivity index (χ3n) is 5.09. The fraction of sp³-hybridized carbons (Fsp3) is 0.167. The summed E-state index contributed by atoms with van der Waals surface area (Å²) in [6, 6.07) is 17.0. The molecule has 3 aromatic carbocycles. The van der Waals surface area contributed by atoms with Crippen LogP contribution in [0, 0.1) is 13.8 Å². The highest BCUT2D eigenvalue weighted by atomic mass is 32.2. The zero-order valence-corrected chi connectivity index (χ0v) is 19.0. The lowest BCUT2D eigenvalue weighted by atomic mass is 10.1. The molecule has 0 N–H and O–H groups in total. The highest BCUT2D eigenvalue weighted by Crippen LogP contribution is 2.26. The van der Waals surface area contributed by atoms with E-state index in [0.717, 1.165) is 11.1 Å². The van der Waals surface area contributed by atoms with Gasteiger partial charge in [-0.25, -0.2) is 18.0 Å². The Morgan fingerprint density at radius 2 is 1.34 bits per heavy atom. The fourth-order valence-corrected chi connectivity index (χ4v) is 4.20. The van der Waals surface area contributed by atoms with Crippen LogP contribution in [0.4, 0.5) is 5.69 Å². The van der Waals surface area contributed by atoms with Crippen molar-refractivity contribution in [3.8, 4) is 5.75 Å². The van der Waals surface area contributed by atoms with Gasteiger partial charge >= 0.3 is 11.9 Å². The largest absolute Gasteiger partial charge is 0.465 e. The van der Waals surface area contributed by atoms with Gasteiger partial charge in [-0.05, 0) is 85.6 Å². The molecule has 8 heteroatoms. The summed E-state index contributed by atoms with van der Waals surface area (Å²) >= 11 is 0. The summed E-state index contributed by atoms with van der Waals surface area (Å²) in [7, 11) is -0.993. The fourth-order valence-electron chi connectivity index (χ4n) is 2.92. The van der Waals surface area contributed by atoms with Crippen molar-refractivity contribution in [2.24, 2.45) is 0 Å². The number of nitrogens with zero attached hydrogens (tertiary/aromatic N) is 1. The summed E-state index contributed by atoms with van der Waals surface area (Å²) in [5, 5.41) is 0. The average molecular weight is 454 g/mol. The number of carbonyl (C=O) groups excluding carboxylic acids is 2. The van der Waals surface area contributed by atoms with E-state index in [0.29, 0.717) is 11.3 Å². The molecule has 32 heavy (non-hydrogen) atoms. The number of hydrogen-bond acceptors (Lipinski definition) is 6. The Morgan fingerprint density at radius 3 is 1.88 bits per heavy atom. The molecule has 0 aliphatic heterocycles. The van der Waals surface area contributed by atoms with Gasteiger partial charge in [-0.1, -0.05) is 6.07 Å². The molecule has 0 bridgehead atoms. The molecule has 0 atom stereocenters. The SMILES string of the molecule is COC(=O)c1ccc(C(=O)Oc2ccc(N(C)S(=O)(=O)c3ccc(C)c(C)c3)cc2)cc1. The lowest BCUT2D eigenvalue weighted by Crippen LogP contribution is -2.26. The molecule has 0 aromatic heterocycles. The van der Waals surface area contributed by atoms with E-state index in [4.69, 9.17) is 4.74 Å². The van der Waals surface area contributed by atoms with Gasteiger partial charge in [0.2, 0.25) is 0 Å². The molecule has 0 heterocycles. The first-order chi connectivity index (χ1) is 15.1. The predicted octanol–water partition coefficient (Wildman–Crippen LogP) is 4.13. The summed E-state index contributed by atoms with van der Waals surface area (Å²) in [5.41, 5.74) is 2.90. The number of carbonyl (C=O) groups is 2. The van der Waals surface area contributed by atoms with E-state index in [1.54, 1.807) is 30.3 Å². The molecule has 0 saturated carbocycles. The smallest absolute Gasteiger partial charge is 0.343 e. The highest BCUT2D eigenvalue weighted by molar-refractivity contribution is 7.92. The number of benzene rings is 3. The number of anilines is 1. The van der Waals surface area contributed by atoms with Gasteiger partial charge in [0.1, 0.15) is 5.75 Å². The average Bonchev–Trinajstić information content (AvgIpc) is 2.80. The molecule has 166 valence electrons. The van der Waals surface area contributed by atoms with Crippen LogP contribution in [0.1, 0.15) is 31.8 Å². The van der Waals surface area contributed by atoms with Crippen LogP contribution in [0.2, 0.25) is 0 Å². The van der Waals surface area contributed by atoms with Crippen molar-refractivity contribution < 1.29 is 27.5 Å². The summed E-state index contributed by atoms with van der Waals surface area (Å²) in [6.45, 7) is 3.78. The van der Waals surface area contributed by atoms with Crippen molar-refractivity contribution in [2.45, 2.75) is 18.7 Å². The molecule has 3 rings (SSSR count). The maximum Gasteiger partial charge on any atom is 0.343 e. The Labute approximate surface area is 187 Å². The third-order valence-corrected chi connectivity index (χ3v) is 6.87. The number of hydrogen-bond donors (Lipinski definition) is 0. The minimum atomic E-state index is -3.74. The van der Waals surface area contributed by atoms with Crippen molar-refractivity contribution in [1.29, 1.82) is 0 Å². The maximum absolute atomic E-state index is 12.9. The minimum absolute atomic E-state index is 0.203. The van der Waals surface area contributed by atoms with E-state index < -0.39 is 22.0 Å². The minimum Gasteiger partial charge on any atom is -0.465 e. The van der Waals surface area contributed by atoms with Crippen LogP contribution >= 0.6 is 0 Å². The molecule has 0 amide bonds.